The fourth-order valence-corrected chi connectivity index (χ4v) is 3.30. The van der Waals surface area contributed by atoms with Gasteiger partial charge in [-0.15, -0.1) is 10.2 Å². The normalized spacial score (nSPS) is 11.3. The quantitative estimate of drug-likeness (QED) is 0.512. The number of halogens is 3. The lowest BCUT2D eigenvalue weighted by Crippen LogP contribution is -2.68. The molecule has 116 valence electrons. The fraction of sp³-hybridized carbons (Fsp3) is 0.333. The zero-order valence-corrected chi connectivity index (χ0v) is 15.5. The molecule has 2 rings (SSSR count). The molecule has 0 radical (unpaired) electrons. The number of nitrogens with zero attached hydrogens (tertiary/aromatic N) is 2. The van der Waals surface area contributed by atoms with E-state index in [4.69, 9.17) is 18.6 Å². The highest BCUT2D eigenvalue weighted by atomic mass is 79.9. The van der Waals surface area contributed by atoms with Crippen molar-refractivity contribution in [2.75, 3.05) is 0 Å². The van der Waals surface area contributed by atoms with Crippen LogP contribution in [0.25, 0.3) is 5.65 Å². The molecule has 0 aliphatic carbocycles. The molecule has 0 aromatic carbocycles. The summed E-state index contributed by atoms with van der Waals surface area (Å²) in [6.07, 6.45) is 3.07. The highest BCUT2D eigenvalue weighted by molar-refractivity contribution is 9.11. The van der Waals surface area contributed by atoms with Gasteiger partial charge in [-0.05, 0) is 56.3 Å². The summed E-state index contributed by atoms with van der Waals surface area (Å²) in [6.45, 7) is 6.37. The summed E-state index contributed by atoms with van der Waals surface area (Å²) in [6, 6.07) is 2.02. The third-order valence-corrected chi connectivity index (χ3v) is 3.84. The van der Waals surface area contributed by atoms with Crippen molar-refractivity contribution in [2.24, 2.45) is 0 Å². The van der Waals surface area contributed by atoms with Gasteiger partial charge in [-0.2, -0.15) is 4.40 Å². The molecule has 0 spiro atoms. The third-order valence-electron chi connectivity index (χ3n) is 2.82. The van der Waals surface area contributed by atoms with E-state index in [2.05, 4.69) is 68.2 Å². The molecule has 0 amide bonds. The van der Waals surface area contributed by atoms with Gasteiger partial charge in [-0.25, -0.2) is 18.6 Å². The van der Waals surface area contributed by atoms with Crippen molar-refractivity contribution < 1.29 is 33.3 Å². The van der Waals surface area contributed by atoms with Gasteiger partial charge < -0.3 is 0 Å². The summed E-state index contributed by atoms with van der Waals surface area (Å²) in [4.78, 5) is 4.64. The first-order chi connectivity index (χ1) is 9.54. The predicted molar refractivity (Wildman–Crippen MR) is 71.6 cm³/mol. The number of aromatic nitrogens is 2. The number of hydrogen-bond acceptors (Lipinski definition) is 5. The molecule has 2 aromatic heterocycles. The molecule has 0 aliphatic heterocycles. The third kappa shape index (κ3) is 5.41. The Labute approximate surface area is 141 Å². The van der Waals surface area contributed by atoms with Gasteiger partial charge in [0.2, 0.25) is 0 Å². The van der Waals surface area contributed by atoms with E-state index in [0.29, 0.717) is 0 Å². The van der Waals surface area contributed by atoms with E-state index in [1.54, 1.807) is 0 Å². The summed E-state index contributed by atoms with van der Waals surface area (Å²) in [5.74, 6) is 0. The van der Waals surface area contributed by atoms with Crippen LogP contribution in [-0.4, -0.2) is 4.98 Å². The average molecular weight is 445 g/mol. The standard InChI is InChI=1S/C12H13Br2N2.ClHO4/c1-4-10-7(2)15-12-11(14)5-9(13)6-16(12)8(10)3;2-1(3,4)5/h5-6H,4H2,1-3H3;(H,2,3,4,5)/q+1;/p-1. The van der Waals surface area contributed by atoms with Crippen LogP contribution in [0.2, 0.25) is 0 Å². The Hall–Kier alpha value is -0.350. The Morgan fingerprint density at radius 3 is 2.19 bits per heavy atom. The lowest BCUT2D eigenvalue weighted by atomic mass is 10.1. The topological polar surface area (TPSA) is 109 Å². The number of fused-ring (bicyclic) bond motifs is 1. The molecular formula is C12H13Br2ClN2O4. The molecule has 6 nitrogen and oxygen atoms in total. The Bertz CT molecular complexity index is 656. The monoisotopic (exact) mass is 442 g/mol. The van der Waals surface area contributed by atoms with E-state index in [1.807, 2.05) is 6.07 Å². The molecular weight excluding hydrogens is 431 g/mol. The summed E-state index contributed by atoms with van der Waals surface area (Å²) in [7, 11) is -4.94. The molecule has 2 heterocycles. The maximum atomic E-state index is 8.49. The molecule has 0 N–H and O–H groups in total. The molecule has 0 saturated carbocycles. The molecule has 0 fully saturated rings. The van der Waals surface area contributed by atoms with Gasteiger partial charge in [0.25, 0.3) is 0 Å². The first-order valence-corrected chi connectivity index (χ1v) is 8.64. The number of rotatable bonds is 1. The van der Waals surface area contributed by atoms with E-state index in [1.165, 1.54) is 11.3 Å². The van der Waals surface area contributed by atoms with Crippen molar-refractivity contribution in [1.82, 2.24) is 4.98 Å². The zero-order chi connectivity index (χ0) is 16.4. The Balaban J connectivity index is 0.000000383. The van der Waals surface area contributed by atoms with E-state index < -0.39 is 10.2 Å². The molecule has 9 heteroatoms. The van der Waals surface area contributed by atoms with Crippen LogP contribution in [0.4, 0.5) is 0 Å². The minimum absolute atomic E-state index is 0.968. The highest BCUT2D eigenvalue weighted by Gasteiger charge is 2.18. The summed E-state index contributed by atoms with van der Waals surface area (Å²) < 4.78 is 38.2. The number of hydrogen-bond donors (Lipinski definition) is 0. The molecule has 0 unspecified atom stereocenters. The Morgan fingerprint density at radius 1 is 1.19 bits per heavy atom. The van der Waals surface area contributed by atoms with Crippen LogP contribution in [0.3, 0.4) is 0 Å². The molecule has 0 aliphatic rings. The lowest BCUT2D eigenvalue weighted by Gasteiger charge is -2.17. The van der Waals surface area contributed by atoms with Crippen LogP contribution in [0.15, 0.2) is 21.2 Å². The van der Waals surface area contributed by atoms with Gasteiger partial charge in [0.1, 0.15) is 16.4 Å². The Morgan fingerprint density at radius 2 is 1.71 bits per heavy atom. The van der Waals surface area contributed by atoms with Crippen LogP contribution in [0.5, 0.6) is 0 Å². The summed E-state index contributed by atoms with van der Waals surface area (Å²) in [5, 5.41) is 0. The predicted octanol–water partition coefficient (Wildman–Crippen LogP) is -1.23. The lowest BCUT2D eigenvalue weighted by molar-refractivity contribution is -2.00. The average Bonchev–Trinajstić information content (AvgIpc) is 2.29. The van der Waals surface area contributed by atoms with E-state index >= 15 is 0 Å². The van der Waals surface area contributed by atoms with Gasteiger partial charge in [0.15, 0.2) is 5.69 Å². The van der Waals surface area contributed by atoms with Crippen molar-refractivity contribution >= 4 is 37.5 Å². The summed E-state index contributed by atoms with van der Waals surface area (Å²) >= 11 is 7.05. The van der Waals surface area contributed by atoms with Crippen LogP contribution >= 0.6 is 31.9 Å². The minimum Gasteiger partial charge on any atom is -0.222 e. The van der Waals surface area contributed by atoms with Gasteiger partial charge in [-0.3, -0.25) is 0 Å². The molecule has 21 heavy (non-hydrogen) atoms. The van der Waals surface area contributed by atoms with Gasteiger partial charge in [0, 0.05) is 12.5 Å². The van der Waals surface area contributed by atoms with Crippen molar-refractivity contribution in [1.29, 1.82) is 0 Å². The van der Waals surface area contributed by atoms with Crippen LogP contribution < -0.4 is 23.0 Å². The van der Waals surface area contributed by atoms with Crippen LogP contribution in [-0.2, 0) is 6.42 Å². The zero-order valence-electron chi connectivity index (χ0n) is 11.5. The van der Waals surface area contributed by atoms with Crippen molar-refractivity contribution in [2.45, 2.75) is 27.2 Å². The molecule has 0 atom stereocenters. The van der Waals surface area contributed by atoms with Gasteiger partial charge in [0.05, 0.1) is 4.47 Å². The smallest absolute Gasteiger partial charge is 0.222 e. The van der Waals surface area contributed by atoms with Gasteiger partial charge >= 0.3 is 5.65 Å². The number of aryl methyl sites for hydroxylation is 2. The first kappa shape index (κ1) is 18.7. The largest absolute Gasteiger partial charge is 0.342 e. The Kier molecular flexibility index (Phi) is 6.48. The van der Waals surface area contributed by atoms with Crippen LogP contribution in [0, 0.1) is 24.1 Å². The maximum absolute atomic E-state index is 8.49. The minimum atomic E-state index is -4.94. The van der Waals surface area contributed by atoms with Crippen LogP contribution in [0.1, 0.15) is 23.9 Å². The first-order valence-electron chi connectivity index (χ1n) is 5.82. The maximum Gasteiger partial charge on any atom is 0.342 e. The molecule has 0 saturated heterocycles. The van der Waals surface area contributed by atoms with Crippen molar-refractivity contribution in [3.05, 3.63) is 38.2 Å². The SMILES string of the molecule is CCc1c(C)nc2c(Br)cc(Br)c[n+]2c1C.[O-][Cl+3]([O-])([O-])[O-]. The van der Waals surface area contributed by atoms with Gasteiger partial charge in [-0.1, -0.05) is 6.92 Å². The summed E-state index contributed by atoms with van der Waals surface area (Å²) in [5.41, 5.74) is 4.66. The fourth-order valence-electron chi connectivity index (χ4n) is 2.03. The highest BCUT2D eigenvalue weighted by Crippen LogP contribution is 2.20. The molecule has 0 bridgehead atoms. The second-order valence-corrected chi connectivity index (χ2v) is 6.72. The van der Waals surface area contributed by atoms with E-state index in [9.17, 15) is 0 Å². The number of pyridine rings is 1. The molecule has 2 aromatic rings. The second-order valence-electron chi connectivity index (χ2n) is 4.19. The van der Waals surface area contributed by atoms with Crippen molar-refractivity contribution in [3.8, 4) is 0 Å². The second kappa shape index (κ2) is 7.28. The van der Waals surface area contributed by atoms with E-state index in [-0.39, 0.29) is 0 Å². The van der Waals surface area contributed by atoms with E-state index in [0.717, 1.165) is 26.7 Å². The van der Waals surface area contributed by atoms with Crippen molar-refractivity contribution in [3.63, 3.8) is 0 Å².